The summed E-state index contributed by atoms with van der Waals surface area (Å²) < 4.78 is 1.68. The number of benzene rings is 1. The van der Waals surface area contributed by atoms with Crippen LogP contribution >= 0.6 is 0 Å². The van der Waals surface area contributed by atoms with Gasteiger partial charge in [0.2, 0.25) is 0 Å². The highest BCUT2D eigenvalue weighted by atomic mass is 16.1. The molecule has 35 heavy (non-hydrogen) atoms. The van der Waals surface area contributed by atoms with E-state index in [9.17, 15) is 4.79 Å². The van der Waals surface area contributed by atoms with E-state index < -0.39 is 0 Å². The predicted octanol–water partition coefficient (Wildman–Crippen LogP) is 2.91. The molecule has 1 saturated heterocycles. The van der Waals surface area contributed by atoms with Crippen molar-refractivity contribution in [3.05, 3.63) is 66.2 Å². The zero-order valence-electron chi connectivity index (χ0n) is 20.0. The highest BCUT2D eigenvalue weighted by Gasteiger charge is 2.51. The third-order valence-electron chi connectivity index (χ3n) is 7.19. The van der Waals surface area contributed by atoms with Gasteiger partial charge >= 0.3 is 0 Å². The zero-order valence-corrected chi connectivity index (χ0v) is 20.0. The van der Waals surface area contributed by atoms with Crippen molar-refractivity contribution < 1.29 is 4.79 Å². The van der Waals surface area contributed by atoms with Gasteiger partial charge in [0.05, 0.1) is 17.4 Å². The summed E-state index contributed by atoms with van der Waals surface area (Å²) in [6.07, 6.45) is 7.59. The second-order valence-electron chi connectivity index (χ2n) is 9.61. The van der Waals surface area contributed by atoms with Crippen LogP contribution in [0, 0.1) is 0 Å². The Morgan fingerprint density at radius 2 is 1.80 bits per heavy atom. The second-order valence-corrected chi connectivity index (χ2v) is 9.61. The molecule has 0 atom stereocenters. The maximum absolute atomic E-state index is 13.1. The lowest BCUT2D eigenvalue weighted by molar-refractivity contribution is 0.0951. The number of anilines is 1. The highest BCUT2D eigenvalue weighted by Crippen LogP contribution is 2.50. The van der Waals surface area contributed by atoms with Crippen LogP contribution in [0.1, 0.15) is 28.9 Å². The molecule has 1 aromatic carbocycles. The van der Waals surface area contributed by atoms with E-state index in [0.29, 0.717) is 11.4 Å². The van der Waals surface area contributed by atoms with E-state index in [0.717, 1.165) is 66.7 Å². The van der Waals surface area contributed by atoms with E-state index in [-0.39, 0.29) is 11.4 Å². The van der Waals surface area contributed by atoms with Gasteiger partial charge in [0, 0.05) is 62.1 Å². The second kappa shape index (κ2) is 8.51. The van der Waals surface area contributed by atoms with E-state index in [1.807, 2.05) is 43.6 Å². The molecule has 1 aliphatic carbocycles. The summed E-state index contributed by atoms with van der Waals surface area (Å²) in [4.78, 5) is 27.2. The molecule has 0 unspecified atom stereocenters. The highest BCUT2D eigenvalue weighted by molar-refractivity contribution is 6.04. The molecule has 3 aromatic heterocycles. The molecule has 4 heterocycles. The standard InChI is InChI=1S/C26H28N8O/c1-32-9-11-34(12-10-32)26(6-7-26)23-14-19(5-8-27-23)25(35)29-24-15-21-13-18(3-4-20(21)16-28-24)22-17-33(2)31-30-22/h3-5,8,13-17H,6-7,9-12H2,1-2H3,(H,28,29,35). The van der Waals surface area contributed by atoms with Crippen molar-refractivity contribution in [3.63, 3.8) is 0 Å². The summed E-state index contributed by atoms with van der Waals surface area (Å²) in [6, 6.07) is 11.6. The van der Waals surface area contributed by atoms with Crippen molar-refractivity contribution in [2.24, 2.45) is 7.05 Å². The van der Waals surface area contributed by atoms with Gasteiger partial charge in [-0.2, -0.15) is 0 Å². The van der Waals surface area contributed by atoms with Crippen LogP contribution in [-0.4, -0.2) is 73.9 Å². The fourth-order valence-electron chi connectivity index (χ4n) is 4.95. The molecule has 6 rings (SSSR count). The van der Waals surface area contributed by atoms with Gasteiger partial charge in [0.25, 0.3) is 5.91 Å². The van der Waals surface area contributed by atoms with Crippen LogP contribution in [-0.2, 0) is 12.6 Å². The zero-order chi connectivity index (χ0) is 24.0. The number of pyridine rings is 2. The molecule has 2 aliphatic rings. The minimum atomic E-state index is -0.181. The van der Waals surface area contributed by atoms with Gasteiger partial charge in [-0.05, 0) is 49.5 Å². The van der Waals surface area contributed by atoms with Crippen LogP contribution in [0.4, 0.5) is 5.82 Å². The summed E-state index contributed by atoms with van der Waals surface area (Å²) in [5, 5.41) is 13.1. The molecule has 0 radical (unpaired) electrons. The maximum atomic E-state index is 13.1. The lowest BCUT2D eigenvalue weighted by Gasteiger charge is -2.38. The number of piperazine rings is 1. The van der Waals surface area contributed by atoms with Crippen LogP contribution in [0.5, 0.6) is 0 Å². The van der Waals surface area contributed by atoms with E-state index in [1.54, 1.807) is 23.1 Å². The third kappa shape index (κ3) is 4.17. The van der Waals surface area contributed by atoms with Crippen LogP contribution in [0.15, 0.2) is 55.0 Å². The Morgan fingerprint density at radius 1 is 0.971 bits per heavy atom. The number of carbonyl (C=O) groups is 1. The van der Waals surface area contributed by atoms with Gasteiger partial charge in [-0.15, -0.1) is 5.10 Å². The molecule has 4 aromatic rings. The average Bonchev–Trinajstić information content (AvgIpc) is 3.58. The number of aromatic nitrogens is 5. The Bertz CT molecular complexity index is 1400. The van der Waals surface area contributed by atoms with E-state index in [1.165, 1.54) is 0 Å². The summed E-state index contributed by atoms with van der Waals surface area (Å²) in [5.74, 6) is 0.331. The molecule has 1 saturated carbocycles. The van der Waals surface area contributed by atoms with E-state index in [2.05, 4.69) is 42.4 Å². The SMILES string of the molecule is CN1CCN(C2(c3cc(C(=O)Nc4cc5cc(-c6cn(C)nn6)ccc5cn4)ccn3)CC2)CC1. The van der Waals surface area contributed by atoms with Gasteiger partial charge < -0.3 is 10.2 Å². The number of hydrogen-bond donors (Lipinski definition) is 1. The number of aryl methyl sites for hydroxylation is 1. The Kier molecular flexibility index (Phi) is 5.31. The molecule has 0 bridgehead atoms. The van der Waals surface area contributed by atoms with Crippen molar-refractivity contribution in [1.29, 1.82) is 0 Å². The Labute approximate surface area is 203 Å². The topological polar surface area (TPSA) is 92.1 Å². The van der Waals surface area contributed by atoms with Crippen molar-refractivity contribution in [1.82, 2.24) is 34.8 Å². The summed E-state index contributed by atoms with van der Waals surface area (Å²) in [6.45, 7) is 4.20. The minimum Gasteiger partial charge on any atom is -0.307 e. The third-order valence-corrected chi connectivity index (χ3v) is 7.19. The quantitative estimate of drug-likeness (QED) is 0.481. The summed E-state index contributed by atoms with van der Waals surface area (Å²) in [5.41, 5.74) is 3.34. The van der Waals surface area contributed by atoms with Crippen LogP contribution in [0.2, 0.25) is 0 Å². The fourth-order valence-corrected chi connectivity index (χ4v) is 4.95. The molecule has 2 fully saturated rings. The van der Waals surface area contributed by atoms with Gasteiger partial charge in [-0.1, -0.05) is 17.3 Å². The van der Waals surface area contributed by atoms with Gasteiger partial charge in [-0.3, -0.25) is 19.4 Å². The molecule has 1 amide bonds. The number of likely N-dealkylation sites (N-methyl/N-ethyl adjacent to an activating group) is 1. The van der Waals surface area contributed by atoms with E-state index >= 15 is 0 Å². The average molecular weight is 469 g/mol. The first-order valence-electron chi connectivity index (χ1n) is 12.0. The first-order valence-corrected chi connectivity index (χ1v) is 12.0. The fraction of sp³-hybridized carbons (Fsp3) is 0.346. The molecule has 0 spiro atoms. The summed E-state index contributed by atoms with van der Waals surface area (Å²) >= 11 is 0. The number of nitrogens with zero attached hydrogens (tertiary/aromatic N) is 7. The summed E-state index contributed by atoms with van der Waals surface area (Å²) in [7, 11) is 4.01. The number of nitrogens with one attached hydrogen (secondary N) is 1. The first kappa shape index (κ1) is 21.8. The lowest BCUT2D eigenvalue weighted by Crippen LogP contribution is -2.49. The number of rotatable bonds is 5. The molecule has 1 aliphatic heterocycles. The minimum absolute atomic E-state index is 0.0184. The Balaban J connectivity index is 1.22. The van der Waals surface area contributed by atoms with Gasteiger partial charge in [0.1, 0.15) is 11.5 Å². The molecule has 9 heteroatoms. The normalized spacial score (nSPS) is 18.0. The molecular formula is C26H28N8O. The number of carbonyl (C=O) groups excluding carboxylic acids is 1. The van der Waals surface area contributed by atoms with Crippen LogP contribution in [0.25, 0.3) is 22.0 Å². The van der Waals surface area contributed by atoms with Crippen molar-refractivity contribution in [2.45, 2.75) is 18.4 Å². The number of amides is 1. The maximum Gasteiger partial charge on any atom is 0.256 e. The Hall–Kier alpha value is -3.69. The molecular weight excluding hydrogens is 440 g/mol. The molecule has 1 N–H and O–H groups in total. The first-order chi connectivity index (χ1) is 17.0. The van der Waals surface area contributed by atoms with Crippen LogP contribution in [0.3, 0.4) is 0 Å². The van der Waals surface area contributed by atoms with E-state index in [4.69, 9.17) is 0 Å². The van der Waals surface area contributed by atoms with Crippen molar-refractivity contribution in [3.8, 4) is 11.3 Å². The lowest BCUT2D eigenvalue weighted by atomic mass is 10.1. The smallest absolute Gasteiger partial charge is 0.256 e. The molecule has 9 nitrogen and oxygen atoms in total. The van der Waals surface area contributed by atoms with Gasteiger partial charge in [-0.25, -0.2) is 4.98 Å². The predicted molar refractivity (Wildman–Crippen MR) is 134 cm³/mol. The number of fused-ring (bicyclic) bond motifs is 1. The molecule has 178 valence electrons. The Morgan fingerprint density at radius 3 is 2.54 bits per heavy atom. The monoisotopic (exact) mass is 468 g/mol. The van der Waals surface area contributed by atoms with Crippen molar-refractivity contribution >= 4 is 22.5 Å². The van der Waals surface area contributed by atoms with Gasteiger partial charge in [0.15, 0.2) is 0 Å². The number of hydrogen-bond acceptors (Lipinski definition) is 7. The van der Waals surface area contributed by atoms with Crippen LogP contribution < -0.4 is 5.32 Å². The largest absolute Gasteiger partial charge is 0.307 e. The van der Waals surface area contributed by atoms with Crippen molar-refractivity contribution in [2.75, 3.05) is 38.5 Å².